The predicted octanol–water partition coefficient (Wildman–Crippen LogP) is 0.486. The van der Waals surface area contributed by atoms with Crippen LogP contribution in [0, 0.1) is 5.92 Å². The Morgan fingerprint density at radius 2 is 2.15 bits per heavy atom. The number of rotatable bonds is 1. The molecule has 0 aromatic carbocycles. The molecule has 3 aliphatic heterocycles. The van der Waals surface area contributed by atoms with Crippen molar-refractivity contribution in [2.24, 2.45) is 5.92 Å². The van der Waals surface area contributed by atoms with Crippen LogP contribution >= 0.6 is 0 Å². The molecule has 1 N–H and O–H groups in total. The molecule has 0 saturated carbocycles. The zero-order valence-corrected chi connectivity index (χ0v) is 8.34. The summed E-state index contributed by atoms with van der Waals surface area (Å²) in [5, 5.41) is 2.72. The van der Waals surface area contributed by atoms with Crippen LogP contribution in [0.2, 0.25) is 0 Å². The van der Waals surface area contributed by atoms with Crippen LogP contribution in [-0.4, -0.2) is 37.6 Å². The fourth-order valence-corrected chi connectivity index (χ4v) is 2.43. The number of hydrogen-bond acceptors (Lipinski definition) is 1. The molecule has 1 fully saturated rings. The molecule has 0 aromatic rings. The predicted molar refractivity (Wildman–Crippen MR) is 50.8 cm³/mol. The molecule has 3 rings (SSSR count). The molecule has 0 spiro atoms. The van der Waals surface area contributed by atoms with E-state index in [1.165, 1.54) is 25.9 Å². The van der Waals surface area contributed by atoms with Crippen molar-refractivity contribution in [2.45, 2.75) is 12.8 Å². The molecule has 0 aromatic heterocycles. The second kappa shape index (κ2) is 2.84. The van der Waals surface area contributed by atoms with Crippen molar-refractivity contribution in [3.8, 4) is 0 Å². The van der Waals surface area contributed by atoms with Gasteiger partial charge in [0, 0.05) is 25.8 Å². The zero-order valence-electron chi connectivity index (χ0n) is 8.34. The third-order valence-corrected chi connectivity index (χ3v) is 3.36. The second-order valence-corrected chi connectivity index (χ2v) is 4.36. The first-order chi connectivity index (χ1) is 6.14. The quantitative estimate of drug-likeness (QED) is 0.586. The van der Waals surface area contributed by atoms with Gasteiger partial charge in [-0.3, -0.25) is 9.28 Å². The Bertz CT molecular complexity index is 262. The van der Waals surface area contributed by atoms with E-state index in [9.17, 15) is 4.79 Å². The molecular formula is C10H17N2O+. The minimum absolute atomic E-state index is 0.119. The van der Waals surface area contributed by atoms with Gasteiger partial charge in [0.15, 0.2) is 0 Å². The Morgan fingerprint density at radius 1 is 1.54 bits per heavy atom. The van der Waals surface area contributed by atoms with Crippen molar-refractivity contribution < 1.29 is 9.28 Å². The number of amides is 1. The third-order valence-electron chi connectivity index (χ3n) is 3.36. The van der Waals surface area contributed by atoms with Crippen molar-refractivity contribution in [2.75, 3.05) is 27.2 Å². The zero-order chi connectivity index (χ0) is 9.47. The maximum Gasteiger partial charge on any atom is 0.252 e. The Morgan fingerprint density at radius 3 is 2.62 bits per heavy atom. The van der Waals surface area contributed by atoms with E-state index >= 15 is 0 Å². The van der Waals surface area contributed by atoms with Gasteiger partial charge in [0.1, 0.15) is 6.20 Å². The summed E-state index contributed by atoms with van der Waals surface area (Å²) in [5.74, 6) is 0.647. The van der Waals surface area contributed by atoms with Gasteiger partial charge in [0.05, 0.1) is 25.7 Å². The van der Waals surface area contributed by atoms with Gasteiger partial charge in [-0.05, 0) is 0 Å². The first kappa shape index (κ1) is 8.75. The Labute approximate surface area is 79.0 Å². The highest BCUT2D eigenvalue weighted by molar-refractivity contribution is 5.93. The lowest BCUT2D eigenvalue weighted by Crippen LogP contribution is -2.51. The number of nitrogens with one attached hydrogen (secondary N) is 1. The highest BCUT2D eigenvalue weighted by atomic mass is 16.1. The molecule has 0 aliphatic carbocycles. The van der Waals surface area contributed by atoms with Crippen LogP contribution in [0.4, 0.5) is 0 Å². The fraction of sp³-hybridized carbons (Fsp3) is 0.700. The van der Waals surface area contributed by atoms with E-state index in [0.717, 1.165) is 10.1 Å². The van der Waals surface area contributed by atoms with Crippen molar-refractivity contribution >= 4 is 5.91 Å². The molecule has 1 amide bonds. The summed E-state index contributed by atoms with van der Waals surface area (Å²) in [7, 11) is 3.92. The van der Waals surface area contributed by atoms with E-state index in [1.807, 2.05) is 0 Å². The molecular weight excluding hydrogens is 164 g/mol. The summed E-state index contributed by atoms with van der Waals surface area (Å²) in [5.41, 5.74) is 1.02. The first-order valence-corrected chi connectivity index (χ1v) is 4.94. The smallest absolute Gasteiger partial charge is 0.252 e. The highest BCUT2D eigenvalue weighted by Gasteiger charge is 2.39. The van der Waals surface area contributed by atoms with E-state index in [0.29, 0.717) is 5.92 Å². The molecule has 0 atom stereocenters. The Balaban J connectivity index is 2.29. The number of carbonyl (C=O) groups excluding carboxylic acids is 1. The van der Waals surface area contributed by atoms with Crippen molar-refractivity contribution in [3.63, 3.8) is 0 Å². The number of quaternary nitrogens is 1. The summed E-state index contributed by atoms with van der Waals surface area (Å²) >= 11 is 0. The largest absolute Gasteiger partial charge is 0.355 e. The number of carbonyl (C=O) groups is 1. The normalized spacial score (nSPS) is 37.1. The van der Waals surface area contributed by atoms with Crippen LogP contribution in [-0.2, 0) is 4.79 Å². The molecule has 0 radical (unpaired) electrons. The number of likely N-dealkylation sites (N-methyl/N-ethyl adjacent to an activating group) is 1. The van der Waals surface area contributed by atoms with E-state index in [2.05, 4.69) is 18.6 Å². The van der Waals surface area contributed by atoms with Crippen molar-refractivity contribution in [1.29, 1.82) is 0 Å². The van der Waals surface area contributed by atoms with Crippen LogP contribution in [0.1, 0.15) is 12.8 Å². The number of fused-ring (bicyclic) bond motifs is 2. The number of piperidine rings is 1. The summed E-state index contributed by atoms with van der Waals surface area (Å²) < 4.78 is 0.958. The lowest BCUT2D eigenvalue weighted by atomic mass is 9.84. The second-order valence-electron chi connectivity index (χ2n) is 4.36. The van der Waals surface area contributed by atoms with Gasteiger partial charge in [-0.25, -0.2) is 0 Å². The fourth-order valence-electron chi connectivity index (χ4n) is 2.43. The van der Waals surface area contributed by atoms with E-state index in [1.54, 1.807) is 7.05 Å². The third kappa shape index (κ3) is 1.37. The summed E-state index contributed by atoms with van der Waals surface area (Å²) in [6.07, 6.45) is 4.50. The molecule has 13 heavy (non-hydrogen) atoms. The van der Waals surface area contributed by atoms with Crippen LogP contribution in [0.3, 0.4) is 0 Å². The standard InChI is InChI=1S/C10H16N2O/c1-11-10(13)9-7-12(2)5-3-8(9)4-6-12/h7-8H,3-6H2,1-2H3/p+1. The van der Waals surface area contributed by atoms with Crippen LogP contribution in [0.15, 0.2) is 11.8 Å². The van der Waals surface area contributed by atoms with Gasteiger partial charge in [-0.2, -0.15) is 0 Å². The first-order valence-electron chi connectivity index (χ1n) is 4.94. The lowest BCUT2D eigenvalue weighted by molar-refractivity contribution is -0.870. The monoisotopic (exact) mass is 181 g/mol. The molecule has 3 heteroatoms. The van der Waals surface area contributed by atoms with Crippen molar-refractivity contribution in [1.82, 2.24) is 5.32 Å². The molecule has 1 saturated heterocycles. The van der Waals surface area contributed by atoms with Crippen LogP contribution in [0.25, 0.3) is 0 Å². The summed E-state index contributed by atoms with van der Waals surface area (Å²) in [6, 6.07) is 0. The lowest BCUT2D eigenvalue weighted by Gasteiger charge is -2.43. The number of nitrogens with zero attached hydrogens (tertiary/aromatic N) is 1. The summed E-state index contributed by atoms with van der Waals surface area (Å²) in [4.78, 5) is 11.5. The molecule has 3 heterocycles. The minimum Gasteiger partial charge on any atom is -0.355 e. The Hall–Kier alpha value is -0.830. The van der Waals surface area contributed by atoms with Gasteiger partial charge in [-0.15, -0.1) is 0 Å². The Kier molecular flexibility index (Phi) is 1.91. The van der Waals surface area contributed by atoms with Gasteiger partial charge in [-0.1, -0.05) is 0 Å². The van der Waals surface area contributed by atoms with Crippen molar-refractivity contribution in [3.05, 3.63) is 11.8 Å². The molecule has 2 bridgehead atoms. The molecule has 0 unspecified atom stereocenters. The molecule has 72 valence electrons. The maximum atomic E-state index is 11.5. The molecule has 3 nitrogen and oxygen atoms in total. The van der Waals surface area contributed by atoms with Crippen LogP contribution in [0.5, 0.6) is 0 Å². The summed E-state index contributed by atoms with van der Waals surface area (Å²) in [6.45, 7) is 2.40. The van der Waals surface area contributed by atoms with E-state index < -0.39 is 0 Å². The topological polar surface area (TPSA) is 29.1 Å². The van der Waals surface area contributed by atoms with Gasteiger partial charge < -0.3 is 5.32 Å². The number of hydrogen-bond donors (Lipinski definition) is 1. The van der Waals surface area contributed by atoms with Gasteiger partial charge in [0.2, 0.25) is 0 Å². The van der Waals surface area contributed by atoms with E-state index in [4.69, 9.17) is 0 Å². The van der Waals surface area contributed by atoms with Gasteiger partial charge >= 0.3 is 0 Å². The van der Waals surface area contributed by atoms with Gasteiger partial charge in [0.25, 0.3) is 5.91 Å². The highest BCUT2D eigenvalue weighted by Crippen LogP contribution is 2.34. The van der Waals surface area contributed by atoms with Crippen LogP contribution < -0.4 is 5.32 Å². The average Bonchev–Trinajstić information content (AvgIpc) is 2.16. The minimum atomic E-state index is 0.119. The maximum absolute atomic E-state index is 11.5. The average molecular weight is 181 g/mol. The molecule has 3 aliphatic rings. The van der Waals surface area contributed by atoms with E-state index in [-0.39, 0.29) is 5.91 Å². The SMILES string of the molecule is CNC(=O)C1=C[N+]2(C)CCC1CC2.